The minimum atomic E-state index is -1.50. The number of hydrogen-bond donors (Lipinski definition) is 0. The maximum absolute atomic E-state index is 14.3. The normalized spacial score (nSPS) is 36.2. The molecule has 2 heterocycles. The standard InChI is InChI=1S/C16H13F4N3O/c17-9-1-8(2-10(18)3-9)12-4-11(19)13-21-23(14(24)22(12)13)16-5-15(20,6-16)7-16/h1-3,11-12H,4-7H2/t11?,12-,15?,16?/m0/s1. The van der Waals surface area contributed by atoms with Crippen LogP contribution in [0.15, 0.2) is 23.0 Å². The highest BCUT2D eigenvalue weighted by Crippen LogP contribution is 2.67. The highest BCUT2D eigenvalue weighted by Gasteiger charge is 2.72. The van der Waals surface area contributed by atoms with Crippen LogP contribution < -0.4 is 5.69 Å². The average Bonchev–Trinajstić information content (AvgIpc) is 2.93. The first-order valence-corrected chi connectivity index (χ1v) is 7.81. The van der Waals surface area contributed by atoms with Crippen molar-refractivity contribution in [3.8, 4) is 0 Å². The quantitative estimate of drug-likeness (QED) is 0.790. The molecule has 3 aliphatic carbocycles. The van der Waals surface area contributed by atoms with Crippen molar-refractivity contribution in [3.05, 3.63) is 51.7 Å². The van der Waals surface area contributed by atoms with Crippen molar-refractivity contribution < 1.29 is 17.6 Å². The Morgan fingerprint density at radius 2 is 1.75 bits per heavy atom. The second-order valence-electron chi connectivity index (χ2n) is 7.25. The molecule has 1 aliphatic heterocycles. The summed E-state index contributed by atoms with van der Waals surface area (Å²) in [7, 11) is 0. The number of aromatic nitrogens is 3. The number of nitrogens with zero attached hydrogens (tertiary/aromatic N) is 3. The van der Waals surface area contributed by atoms with Gasteiger partial charge < -0.3 is 0 Å². The van der Waals surface area contributed by atoms with Gasteiger partial charge in [-0.05, 0) is 17.7 Å². The van der Waals surface area contributed by atoms with Crippen LogP contribution in [0.2, 0.25) is 0 Å². The molecule has 6 rings (SSSR count). The summed E-state index contributed by atoms with van der Waals surface area (Å²) >= 11 is 0. The number of hydrogen-bond acceptors (Lipinski definition) is 2. The van der Waals surface area contributed by atoms with E-state index in [0.29, 0.717) is 0 Å². The first-order valence-electron chi connectivity index (χ1n) is 7.81. The Morgan fingerprint density at radius 1 is 1.12 bits per heavy atom. The minimum Gasteiger partial charge on any atom is -0.269 e. The SMILES string of the molecule is O=c1n(C23CC(F)(C2)C3)nc2n1[C@H](c1cc(F)cc(F)c1)CC2F. The summed E-state index contributed by atoms with van der Waals surface area (Å²) in [6.45, 7) is 0. The molecule has 0 saturated heterocycles. The summed E-state index contributed by atoms with van der Waals surface area (Å²) in [6.07, 6.45) is -0.949. The van der Waals surface area contributed by atoms with E-state index in [1.165, 1.54) is 4.68 Å². The van der Waals surface area contributed by atoms with E-state index in [4.69, 9.17) is 0 Å². The lowest BCUT2D eigenvalue weighted by Crippen LogP contribution is -2.72. The van der Waals surface area contributed by atoms with Crippen LogP contribution in [-0.2, 0) is 5.54 Å². The van der Waals surface area contributed by atoms with Crippen LogP contribution in [0.1, 0.15) is 49.3 Å². The summed E-state index contributed by atoms with van der Waals surface area (Å²) in [5, 5.41) is 4.09. The van der Waals surface area contributed by atoms with Gasteiger partial charge in [-0.3, -0.25) is 4.57 Å². The van der Waals surface area contributed by atoms with Crippen molar-refractivity contribution in [2.24, 2.45) is 0 Å². The third kappa shape index (κ3) is 1.63. The van der Waals surface area contributed by atoms with Crippen LogP contribution in [0.3, 0.4) is 0 Å². The smallest absolute Gasteiger partial charge is 0.269 e. The van der Waals surface area contributed by atoms with E-state index in [9.17, 15) is 22.4 Å². The zero-order chi connectivity index (χ0) is 16.9. The lowest BCUT2D eigenvalue weighted by molar-refractivity contribution is -0.205. The molecule has 0 spiro atoms. The first kappa shape index (κ1) is 14.2. The molecular formula is C16H13F4N3O. The van der Waals surface area contributed by atoms with Crippen molar-refractivity contribution in [2.75, 3.05) is 0 Å². The minimum absolute atomic E-state index is 0.0488. The van der Waals surface area contributed by atoms with Gasteiger partial charge in [0.2, 0.25) is 0 Å². The third-order valence-corrected chi connectivity index (χ3v) is 5.52. The summed E-state index contributed by atoms with van der Waals surface area (Å²) in [6, 6.07) is 2.10. The van der Waals surface area contributed by atoms with Crippen LogP contribution >= 0.6 is 0 Å². The highest BCUT2D eigenvalue weighted by atomic mass is 19.1. The molecule has 2 aromatic rings. The molecule has 1 aromatic carbocycles. The Hall–Kier alpha value is -2.12. The average molecular weight is 339 g/mol. The van der Waals surface area contributed by atoms with Gasteiger partial charge in [-0.25, -0.2) is 27.0 Å². The van der Waals surface area contributed by atoms with Crippen LogP contribution in [-0.4, -0.2) is 20.0 Å². The molecule has 4 nitrogen and oxygen atoms in total. The molecule has 0 N–H and O–H groups in total. The van der Waals surface area contributed by atoms with Crippen molar-refractivity contribution in [1.29, 1.82) is 0 Å². The van der Waals surface area contributed by atoms with Gasteiger partial charge in [0.25, 0.3) is 0 Å². The van der Waals surface area contributed by atoms with Gasteiger partial charge in [-0.2, -0.15) is 5.10 Å². The molecule has 3 fully saturated rings. The maximum Gasteiger partial charge on any atom is 0.347 e. The van der Waals surface area contributed by atoms with E-state index in [2.05, 4.69) is 5.10 Å². The molecule has 4 aliphatic rings. The fraction of sp³-hybridized carbons (Fsp3) is 0.500. The predicted molar refractivity (Wildman–Crippen MR) is 75.1 cm³/mol. The predicted octanol–water partition coefficient (Wildman–Crippen LogP) is 2.93. The monoisotopic (exact) mass is 339 g/mol. The third-order valence-electron chi connectivity index (χ3n) is 5.52. The zero-order valence-electron chi connectivity index (χ0n) is 12.5. The van der Waals surface area contributed by atoms with Crippen LogP contribution in [0.5, 0.6) is 0 Å². The van der Waals surface area contributed by atoms with Gasteiger partial charge in [0.05, 0.1) is 11.6 Å². The molecule has 2 bridgehead atoms. The van der Waals surface area contributed by atoms with Gasteiger partial charge in [0.1, 0.15) is 17.3 Å². The van der Waals surface area contributed by atoms with Gasteiger partial charge >= 0.3 is 5.69 Å². The summed E-state index contributed by atoms with van der Waals surface area (Å²) in [5.41, 5.74) is -2.22. The van der Waals surface area contributed by atoms with Crippen molar-refractivity contribution in [1.82, 2.24) is 14.3 Å². The lowest BCUT2D eigenvalue weighted by atomic mass is 9.47. The lowest BCUT2D eigenvalue weighted by Gasteiger charge is -2.64. The molecular weight excluding hydrogens is 326 g/mol. The second kappa shape index (κ2) is 4.10. The number of halogens is 4. The Kier molecular flexibility index (Phi) is 2.43. The Balaban J connectivity index is 1.61. The van der Waals surface area contributed by atoms with Crippen LogP contribution in [0.4, 0.5) is 17.6 Å². The van der Waals surface area contributed by atoms with Gasteiger partial charge in [0, 0.05) is 31.7 Å². The molecule has 24 heavy (non-hydrogen) atoms. The molecule has 1 unspecified atom stereocenters. The number of benzene rings is 1. The molecule has 0 amide bonds. The Morgan fingerprint density at radius 3 is 2.33 bits per heavy atom. The van der Waals surface area contributed by atoms with Gasteiger partial charge in [-0.1, -0.05) is 0 Å². The Bertz CT molecular complexity index is 894. The fourth-order valence-electron chi connectivity index (χ4n) is 4.51. The second-order valence-corrected chi connectivity index (χ2v) is 7.25. The molecule has 2 atom stereocenters. The zero-order valence-corrected chi connectivity index (χ0v) is 12.5. The van der Waals surface area contributed by atoms with E-state index in [0.717, 1.165) is 22.8 Å². The van der Waals surface area contributed by atoms with Gasteiger partial charge in [-0.15, -0.1) is 0 Å². The van der Waals surface area contributed by atoms with E-state index in [1.807, 2.05) is 0 Å². The highest BCUT2D eigenvalue weighted by molar-refractivity contribution is 5.27. The van der Waals surface area contributed by atoms with E-state index in [1.54, 1.807) is 0 Å². The maximum atomic E-state index is 14.3. The van der Waals surface area contributed by atoms with Crippen molar-refractivity contribution in [3.63, 3.8) is 0 Å². The van der Waals surface area contributed by atoms with Gasteiger partial charge in [0.15, 0.2) is 12.0 Å². The number of alkyl halides is 2. The van der Waals surface area contributed by atoms with Crippen LogP contribution in [0, 0.1) is 11.6 Å². The largest absolute Gasteiger partial charge is 0.347 e. The van der Waals surface area contributed by atoms with E-state index >= 15 is 0 Å². The number of fused-ring (bicyclic) bond motifs is 1. The number of rotatable bonds is 2. The van der Waals surface area contributed by atoms with E-state index < -0.39 is 40.7 Å². The first-order chi connectivity index (χ1) is 11.3. The topological polar surface area (TPSA) is 39.8 Å². The summed E-state index contributed by atoms with van der Waals surface area (Å²) < 4.78 is 57.4. The molecule has 3 saturated carbocycles. The van der Waals surface area contributed by atoms with Crippen molar-refractivity contribution >= 4 is 0 Å². The Labute approximate surface area is 133 Å². The van der Waals surface area contributed by atoms with E-state index in [-0.39, 0.29) is 37.1 Å². The molecule has 1 aromatic heterocycles. The molecule has 126 valence electrons. The summed E-state index contributed by atoms with van der Waals surface area (Å²) in [4.78, 5) is 12.7. The van der Waals surface area contributed by atoms with Crippen molar-refractivity contribution in [2.45, 2.75) is 49.1 Å². The summed E-state index contributed by atoms with van der Waals surface area (Å²) in [5.74, 6) is -1.62. The molecule has 0 radical (unpaired) electrons. The van der Waals surface area contributed by atoms with Crippen LogP contribution in [0.25, 0.3) is 0 Å². The molecule has 8 heteroatoms. The fourth-order valence-corrected chi connectivity index (χ4v) is 4.51.